The van der Waals surface area contributed by atoms with Crippen LogP contribution in [0.4, 0.5) is 5.69 Å². The van der Waals surface area contributed by atoms with Gasteiger partial charge in [0.1, 0.15) is 5.25 Å². The second-order valence-corrected chi connectivity index (χ2v) is 6.84. The number of esters is 1. The molecule has 0 aliphatic carbocycles. The van der Waals surface area contributed by atoms with Gasteiger partial charge in [-0.05, 0) is 37.0 Å². The Bertz CT molecular complexity index is 502. The molecule has 0 aromatic heterocycles. The highest BCUT2D eigenvalue weighted by Gasteiger charge is 2.20. The first-order valence-corrected chi connectivity index (χ1v) is 8.62. The smallest absolute Gasteiger partial charge is 0.319 e. The highest BCUT2D eigenvalue weighted by Crippen LogP contribution is 2.18. The maximum atomic E-state index is 11.9. The van der Waals surface area contributed by atoms with Gasteiger partial charge in [0.25, 0.3) is 0 Å². The van der Waals surface area contributed by atoms with E-state index in [0.717, 1.165) is 11.3 Å². The van der Waals surface area contributed by atoms with Gasteiger partial charge in [-0.2, -0.15) is 0 Å². The molecule has 0 spiro atoms. The molecule has 0 radical (unpaired) electrons. The molecule has 0 aliphatic heterocycles. The molecule has 5 heteroatoms. The Morgan fingerprint density at radius 3 is 2.64 bits per heavy atom. The maximum absolute atomic E-state index is 11.9. The molecule has 1 atom stereocenters. The number of hydrogen-bond donors (Lipinski definition) is 1. The molecule has 1 unspecified atom stereocenters. The van der Waals surface area contributed by atoms with Gasteiger partial charge in [0, 0.05) is 5.69 Å². The van der Waals surface area contributed by atoms with Crippen LogP contribution in [0.1, 0.15) is 32.8 Å². The monoisotopic (exact) mass is 323 g/mol. The van der Waals surface area contributed by atoms with E-state index in [1.807, 2.05) is 52.0 Å². The molecule has 0 fully saturated rings. The summed E-state index contributed by atoms with van der Waals surface area (Å²) in [7, 11) is 0. The molecule has 122 valence electrons. The minimum atomic E-state index is -0.290. The van der Waals surface area contributed by atoms with Gasteiger partial charge < -0.3 is 10.1 Å². The summed E-state index contributed by atoms with van der Waals surface area (Å²) < 4.78 is 5.23. The predicted octanol–water partition coefficient (Wildman–Crippen LogP) is 3.64. The first-order chi connectivity index (χ1) is 10.4. The first-order valence-electron chi connectivity index (χ1n) is 7.57. The molecular formula is C17H25NO3S. The van der Waals surface area contributed by atoms with Crippen LogP contribution in [0.15, 0.2) is 24.3 Å². The lowest BCUT2D eigenvalue weighted by molar-refractivity contribution is -0.144. The zero-order valence-electron chi connectivity index (χ0n) is 13.7. The van der Waals surface area contributed by atoms with E-state index in [2.05, 4.69) is 5.32 Å². The lowest BCUT2D eigenvalue weighted by Crippen LogP contribution is -2.24. The molecule has 0 heterocycles. The van der Waals surface area contributed by atoms with Gasteiger partial charge in [0.15, 0.2) is 0 Å². The van der Waals surface area contributed by atoms with Crippen molar-refractivity contribution >= 4 is 29.3 Å². The Labute approximate surface area is 137 Å². The maximum Gasteiger partial charge on any atom is 0.319 e. The average molecular weight is 323 g/mol. The summed E-state index contributed by atoms with van der Waals surface area (Å²) in [5, 5.41) is 2.55. The van der Waals surface area contributed by atoms with E-state index >= 15 is 0 Å². The summed E-state index contributed by atoms with van der Waals surface area (Å²) in [4.78, 5) is 23.9. The van der Waals surface area contributed by atoms with Crippen LogP contribution in [0.3, 0.4) is 0 Å². The van der Waals surface area contributed by atoms with Crippen LogP contribution in [0, 0.1) is 12.8 Å². The number of ether oxygens (including phenoxy) is 1. The molecule has 22 heavy (non-hydrogen) atoms. The predicted molar refractivity (Wildman–Crippen MR) is 92.1 cm³/mol. The topological polar surface area (TPSA) is 55.4 Å². The Morgan fingerprint density at radius 2 is 2.05 bits per heavy atom. The fourth-order valence-electron chi connectivity index (χ4n) is 1.79. The normalized spacial score (nSPS) is 12.0. The van der Waals surface area contributed by atoms with E-state index in [1.54, 1.807) is 0 Å². The van der Waals surface area contributed by atoms with Crippen molar-refractivity contribution in [2.75, 3.05) is 17.7 Å². The summed E-state index contributed by atoms with van der Waals surface area (Å²) in [6.07, 6.45) is 0.652. The van der Waals surface area contributed by atoms with Crippen LogP contribution < -0.4 is 5.32 Å². The molecule has 1 rings (SSSR count). The van der Waals surface area contributed by atoms with Crippen molar-refractivity contribution in [3.8, 4) is 0 Å². The summed E-state index contributed by atoms with van der Waals surface area (Å²) in [6.45, 7) is 8.31. The number of benzene rings is 1. The Balaban J connectivity index is 2.42. The van der Waals surface area contributed by atoms with E-state index in [1.165, 1.54) is 11.8 Å². The largest absolute Gasteiger partial charge is 0.465 e. The third-order valence-electron chi connectivity index (χ3n) is 2.91. The molecular weight excluding hydrogens is 298 g/mol. The van der Waals surface area contributed by atoms with Crippen LogP contribution >= 0.6 is 11.8 Å². The van der Waals surface area contributed by atoms with E-state index in [4.69, 9.17) is 4.74 Å². The lowest BCUT2D eigenvalue weighted by Gasteiger charge is -2.15. The second-order valence-electron chi connectivity index (χ2n) is 5.65. The highest BCUT2D eigenvalue weighted by atomic mass is 32.2. The second kappa shape index (κ2) is 9.51. The van der Waals surface area contributed by atoms with Gasteiger partial charge in [-0.25, -0.2) is 0 Å². The van der Waals surface area contributed by atoms with E-state index < -0.39 is 0 Å². The minimum absolute atomic E-state index is 0.106. The molecule has 0 aliphatic rings. The summed E-state index contributed by atoms with van der Waals surface area (Å²) in [5.74, 6) is 0.217. The fourth-order valence-corrected chi connectivity index (χ4v) is 2.66. The van der Waals surface area contributed by atoms with Crippen LogP contribution in [-0.2, 0) is 14.3 Å². The zero-order chi connectivity index (χ0) is 16.5. The number of hydrogen-bond acceptors (Lipinski definition) is 4. The van der Waals surface area contributed by atoms with E-state index in [9.17, 15) is 9.59 Å². The van der Waals surface area contributed by atoms with Crippen LogP contribution in [0.5, 0.6) is 0 Å². The van der Waals surface area contributed by atoms with Gasteiger partial charge in [0.2, 0.25) is 5.91 Å². The lowest BCUT2D eigenvalue weighted by atomic mass is 10.2. The van der Waals surface area contributed by atoms with Crippen LogP contribution in [0.25, 0.3) is 0 Å². The molecule has 1 N–H and O–H groups in total. The molecule has 1 aromatic carbocycles. The Hall–Kier alpha value is -1.49. The van der Waals surface area contributed by atoms with E-state index in [-0.39, 0.29) is 22.9 Å². The quantitative estimate of drug-likeness (QED) is 0.742. The summed E-state index contributed by atoms with van der Waals surface area (Å²) in [5.41, 5.74) is 1.87. The van der Waals surface area contributed by atoms with Gasteiger partial charge in [-0.3, -0.25) is 9.59 Å². The van der Waals surface area contributed by atoms with Crippen molar-refractivity contribution in [3.05, 3.63) is 29.8 Å². The minimum Gasteiger partial charge on any atom is -0.465 e. The van der Waals surface area contributed by atoms with Crippen LogP contribution in [0.2, 0.25) is 0 Å². The van der Waals surface area contributed by atoms with Crippen molar-refractivity contribution < 1.29 is 14.3 Å². The highest BCUT2D eigenvalue weighted by molar-refractivity contribution is 8.01. The molecule has 1 amide bonds. The molecule has 0 saturated carbocycles. The SMILES string of the molecule is CCC(SCC(=O)Nc1cccc(C)c1)C(=O)OCC(C)C. The number of anilines is 1. The fraction of sp³-hybridized carbons (Fsp3) is 0.529. The summed E-state index contributed by atoms with van der Waals surface area (Å²) >= 11 is 1.33. The third-order valence-corrected chi connectivity index (χ3v) is 4.27. The van der Waals surface area contributed by atoms with Crippen molar-refractivity contribution in [1.82, 2.24) is 0 Å². The number of thioether (sulfide) groups is 1. The van der Waals surface area contributed by atoms with Crippen molar-refractivity contribution in [2.24, 2.45) is 5.92 Å². The first kappa shape index (κ1) is 18.6. The number of aryl methyl sites for hydroxylation is 1. The number of amides is 1. The van der Waals surface area contributed by atoms with Gasteiger partial charge >= 0.3 is 5.97 Å². The Kier molecular flexibility index (Phi) is 8.02. The van der Waals surface area contributed by atoms with Crippen molar-refractivity contribution in [2.45, 2.75) is 39.4 Å². The number of rotatable bonds is 8. The van der Waals surface area contributed by atoms with Crippen molar-refractivity contribution in [3.63, 3.8) is 0 Å². The molecule has 0 saturated heterocycles. The van der Waals surface area contributed by atoms with E-state index in [0.29, 0.717) is 18.9 Å². The molecule has 4 nitrogen and oxygen atoms in total. The summed E-state index contributed by atoms with van der Waals surface area (Å²) in [6, 6.07) is 7.64. The van der Waals surface area contributed by atoms with Crippen LogP contribution in [-0.4, -0.2) is 29.5 Å². The third kappa shape index (κ3) is 6.98. The number of carbonyl (C=O) groups excluding carboxylic acids is 2. The zero-order valence-corrected chi connectivity index (χ0v) is 14.5. The number of nitrogens with one attached hydrogen (secondary N) is 1. The average Bonchev–Trinajstić information content (AvgIpc) is 2.45. The standard InChI is InChI=1S/C17H25NO3S/c1-5-15(17(20)21-10-12(2)3)22-11-16(19)18-14-8-6-7-13(4)9-14/h6-9,12,15H,5,10-11H2,1-4H3,(H,18,19). The van der Waals surface area contributed by atoms with Gasteiger partial charge in [-0.1, -0.05) is 32.9 Å². The van der Waals surface area contributed by atoms with Gasteiger partial charge in [-0.15, -0.1) is 11.8 Å². The Morgan fingerprint density at radius 1 is 1.32 bits per heavy atom. The molecule has 1 aromatic rings. The number of carbonyl (C=O) groups is 2. The van der Waals surface area contributed by atoms with Crippen molar-refractivity contribution in [1.29, 1.82) is 0 Å². The molecule has 0 bridgehead atoms. The van der Waals surface area contributed by atoms with Gasteiger partial charge in [0.05, 0.1) is 12.4 Å².